The number of nitrogens with two attached hydrogens (primary N) is 1. The Kier molecular flexibility index (Phi) is 2.86. The van der Waals surface area contributed by atoms with Crippen LogP contribution in [0.3, 0.4) is 0 Å². The van der Waals surface area contributed by atoms with E-state index in [1.165, 1.54) is 0 Å². The Morgan fingerprint density at radius 3 is 2.60 bits per heavy atom. The van der Waals surface area contributed by atoms with Crippen molar-refractivity contribution in [3.8, 4) is 0 Å². The van der Waals surface area contributed by atoms with Crippen LogP contribution in [0.15, 0.2) is 6.07 Å². The van der Waals surface area contributed by atoms with Gasteiger partial charge in [0, 0.05) is 30.5 Å². The number of nitrogens with zero attached hydrogens (tertiary/aromatic N) is 3. The molecule has 1 aromatic rings. The van der Waals surface area contributed by atoms with Crippen molar-refractivity contribution in [2.24, 2.45) is 5.73 Å². The number of aromatic nitrogens is 2. The predicted octanol–water partition coefficient (Wildman–Crippen LogP) is 1.02. The fourth-order valence-corrected chi connectivity index (χ4v) is 2.04. The molecule has 1 atom stereocenters. The van der Waals surface area contributed by atoms with Crippen molar-refractivity contribution in [3.05, 3.63) is 17.5 Å². The molecular weight excluding hydrogens is 188 g/mol. The number of rotatable bonds is 1. The van der Waals surface area contributed by atoms with Gasteiger partial charge in [0.25, 0.3) is 0 Å². The molecule has 0 saturated carbocycles. The Hall–Kier alpha value is -1.16. The maximum Gasteiger partial charge on any atom is 0.225 e. The lowest BCUT2D eigenvalue weighted by molar-refractivity contribution is 0.499. The van der Waals surface area contributed by atoms with E-state index in [0.29, 0.717) is 0 Å². The monoisotopic (exact) mass is 206 g/mol. The summed E-state index contributed by atoms with van der Waals surface area (Å²) in [6, 6.07) is 2.26. The summed E-state index contributed by atoms with van der Waals surface area (Å²) in [5.41, 5.74) is 7.99. The third-order valence-electron chi connectivity index (χ3n) is 2.71. The molecule has 0 radical (unpaired) electrons. The molecule has 4 heteroatoms. The maximum absolute atomic E-state index is 5.94. The van der Waals surface area contributed by atoms with Crippen molar-refractivity contribution in [1.29, 1.82) is 0 Å². The van der Waals surface area contributed by atoms with E-state index < -0.39 is 0 Å². The average molecular weight is 206 g/mol. The predicted molar refractivity (Wildman–Crippen MR) is 60.9 cm³/mol. The minimum atomic E-state index is 0.267. The third kappa shape index (κ3) is 2.45. The lowest BCUT2D eigenvalue weighted by atomic mass is 10.1. The summed E-state index contributed by atoms with van der Waals surface area (Å²) in [6.45, 7) is 5.91. The molecule has 1 aliphatic rings. The second-order valence-corrected chi connectivity index (χ2v) is 4.30. The fourth-order valence-electron chi connectivity index (χ4n) is 2.04. The molecule has 1 fully saturated rings. The highest BCUT2D eigenvalue weighted by atomic mass is 15.3. The van der Waals surface area contributed by atoms with Crippen LogP contribution in [0.4, 0.5) is 5.95 Å². The molecule has 1 saturated heterocycles. The van der Waals surface area contributed by atoms with E-state index in [9.17, 15) is 0 Å². The molecule has 2 N–H and O–H groups in total. The van der Waals surface area contributed by atoms with Gasteiger partial charge in [-0.3, -0.25) is 0 Å². The molecular formula is C11H18N4. The molecule has 0 aliphatic carbocycles. The highest BCUT2D eigenvalue weighted by Gasteiger charge is 2.18. The lowest BCUT2D eigenvalue weighted by Crippen LogP contribution is -2.43. The van der Waals surface area contributed by atoms with Gasteiger partial charge in [0.05, 0.1) is 0 Å². The zero-order valence-electron chi connectivity index (χ0n) is 9.40. The van der Waals surface area contributed by atoms with Crippen LogP contribution in [-0.4, -0.2) is 29.1 Å². The van der Waals surface area contributed by atoms with Gasteiger partial charge in [-0.05, 0) is 32.8 Å². The van der Waals surface area contributed by atoms with Gasteiger partial charge >= 0.3 is 0 Å². The first-order valence-electron chi connectivity index (χ1n) is 5.48. The molecule has 0 unspecified atom stereocenters. The van der Waals surface area contributed by atoms with Gasteiger partial charge in [-0.2, -0.15) is 0 Å². The summed E-state index contributed by atoms with van der Waals surface area (Å²) < 4.78 is 0. The molecule has 1 aliphatic heterocycles. The van der Waals surface area contributed by atoms with Crippen molar-refractivity contribution < 1.29 is 0 Å². The van der Waals surface area contributed by atoms with Gasteiger partial charge in [-0.15, -0.1) is 0 Å². The number of piperidine rings is 1. The molecule has 15 heavy (non-hydrogen) atoms. The van der Waals surface area contributed by atoms with E-state index >= 15 is 0 Å². The lowest BCUT2D eigenvalue weighted by Gasteiger charge is -2.30. The van der Waals surface area contributed by atoms with E-state index in [4.69, 9.17) is 5.73 Å². The summed E-state index contributed by atoms with van der Waals surface area (Å²) in [5.74, 6) is 0.836. The van der Waals surface area contributed by atoms with Crippen LogP contribution < -0.4 is 10.6 Å². The summed E-state index contributed by atoms with van der Waals surface area (Å²) in [7, 11) is 0. The molecule has 4 nitrogen and oxygen atoms in total. The van der Waals surface area contributed by atoms with Crippen LogP contribution in [0.2, 0.25) is 0 Å². The molecule has 2 rings (SSSR count). The average Bonchev–Trinajstić information content (AvgIpc) is 2.16. The normalized spacial score (nSPS) is 21.8. The van der Waals surface area contributed by atoms with E-state index in [1.807, 2.05) is 19.9 Å². The summed E-state index contributed by atoms with van der Waals surface area (Å²) in [6.07, 6.45) is 2.25. The van der Waals surface area contributed by atoms with Gasteiger partial charge < -0.3 is 10.6 Å². The van der Waals surface area contributed by atoms with Crippen molar-refractivity contribution in [2.45, 2.75) is 32.7 Å². The fraction of sp³-hybridized carbons (Fsp3) is 0.636. The molecule has 2 heterocycles. The Bertz CT molecular complexity index is 330. The number of hydrogen-bond acceptors (Lipinski definition) is 4. The highest BCUT2D eigenvalue weighted by molar-refractivity contribution is 5.33. The molecule has 0 amide bonds. The van der Waals surface area contributed by atoms with E-state index in [2.05, 4.69) is 14.9 Å². The standard InChI is InChI=1S/C11H18N4/c1-8-6-9(2)14-11(13-8)15-5-3-4-10(12)7-15/h6,10H,3-5,7,12H2,1-2H3/t10-/m1/s1. The van der Waals surface area contributed by atoms with Gasteiger partial charge in [-0.1, -0.05) is 0 Å². The van der Waals surface area contributed by atoms with Crippen molar-refractivity contribution >= 4 is 5.95 Å². The number of aryl methyl sites for hydroxylation is 2. The number of anilines is 1. The van der Waals surface area contributed by atoms with Crippen LogP contribution in [0, 0.1) is 13.8 Å². The van der Waals surface area contributed by atoms with Crippen LogP contribution >= 0.6 is 0 Å². The van der Waals surface area contributed by atoms with E-state index in [1.54, 1.807) is 0 Å². The first kappa shape index (κ1) is 10.4. The quantitative estimate of drug-likeness (QED) is 0.745. The second kappa shape index (κ2) is 4.14. The molecule has 0 bridgehead atoms. The van der Waals surface area contributed by atoms with Gasteiger partial charge in [0.2, 0.25) is 5.95 Å². The van der Waals surface area contributed by atoms with Gasteiger partial charge in [0.15, 0.2) is 0 Å². The third-order valence-corrected chi connectivity index (χ3v) is 2.71. The SMILES string of the molecule is Cc1cc(C)nc(N2CCC[C@@H](N)C2)n1. The molecule has 0 spiro atoms. The Balaban J connectivity index is 2.20. The summed E-state index contributed by atoms with van der Waals surface area (Å²) in [5, 5.41) is 0. The zero-order valence-corrected chi connectivity index (χ0v) is 9.40. The van der Waals surface area contributed by atoms with Crippen molar-refractivity contribution in [2.75, 3.05) is 18.0 Å². The largest absolute Gasteiger partial charge is 0.339 e. The second-order valence-electron chi connectivity index (χ2n) is 4.30. The smallest absolute Gasteiger partial charge is 0.225 e. The highest BCUT2D eigenvalue weighted by Crippen LogP contribution is 2.15. The van der Waals surface area contributed by atoms with Crippen molar-refractivity contribution in [1.82, 2.24) is 9.97 Å². The minimum Gasteiger partial charge on any atom is -0.339 e. The van der Waals surface area contributed by atoms with E-state index in [-0.39, 0.29) is 6.04 Å². The Labute approximate surface area is 90.5 Å². The topological polar surface area (TPSA) is 55.0 Å². The van der Waals surface area contributed by atoms with Crippen LogP contribution in [-0.2, 0) is 0 Å². The summed E-state index contributed by atoms with van der Waals surface area (Å²) in [4.78, 5) is 11.1. The zero-order chi connectivity index (χ0) is 10.8. The first-order valence-corrected chi connectivity index (χ1v) is 5.48. The molecule has 1 aromatic heterocycles. The minimum absolute atomic E-state index is 0.267. The Morgan fingerprint density at radius 1 is 1.33 bits per heavy atom. The van der Waals surface area contributed by atoms with Crippen LogP contribution in [0.5, 0.6) is 0 Å². The first-order chi connectivity index (χ1) is 7.15. The van der Waals surface area contributed by atoms with Gasteiger partial charge in [0.1, 0.15) is 0 Å². The maximum atomic E-state index is 5.94. The summed E-state index contributed by atoms with van der Waals surface area (Å²) >= 11 is 0. The Morgan fingerprint density at radius 2 is 2.00 bits per heavy atom. The number of hydrogen-bond donors (Lipinski definition) is 1. The van der Waals surface area contributed by atoms with E-state index in [0.717, 1.165) is 43.3 Å². The molecule has 82 valence electrons. The molecule has 0 aromatic carbocycles. The van der Waals surface area contributed by atoms with Gasteiger partial charge in [-0.25, -0.2) is 9.97 Å². The van der Waals surface area contributed by atoms with Crippen LogP contribution in [0.25, 0.3) is 0 Å². The van der Waals surface area contributed by atoms with Crippen molar-refractivity contribution in [3.63, 3.8) is 0 Å². The van der Waals surface area contributed by atoms with Crippen LogP contribution in [0.1, 0.15) is 24.2 Å².